The Balaban J connectivity index is 2.46. The van der Waals surface area contributed by atoms with Gasteiger partial charge in [-0.25, -0.2) is 0 Å². The van der Waals surface area contributed by atoms with Crippen molar-refractivity contribution in [3.05, 3.63) is 36.0 Å². The lowest BCUT2D eigenvalue weighted by atomic mass is 10.1. The second kappa shape index (κ2) is 5.04. The Morgan fingerprint density at radius 1 is 1.44 bits per heavy atom. The predicted molar refractivity (Wildman–Crippen MR) is 71.8 cm³/mol. The van der Waals surface area contributed by atoms with Crippen molar-refractivity contribution in [2.24, 2.45) is 0 Å². The molecule has 1 heterocycles. The van der Waals surface area contributed by atoms with E-state index >= 15 is 0 Å². The number of aliphatic carboxylic acids is 1. The molecular weight excluding hydrogens is 228 g/mol. The third-order valence-electron chi connectivity index (χ3n) is 2.96. The first kappa shape index (κ1) is 12.4. The van der Waals surface area contributed by atoms with Crippen LogP contribution in [0, 0.1) is 0 Å². The van der Waals surface area contributed by atoms with Gasteiger partial charge >= 0.3 is 5.97 Å². The molecule has 1 aromatic carbocycles. The van der Waals surface area contributed by atoms with Crippen LogP contribution in [0.5, 0.6) is 0 Å². The first-order valence-electron chi connectivity index (χ1n) is 5.98. The number of hydrogen-bond acceptors (Lipinski definition) is 3. The number of aryl methyl sites for hydroxylation is 1. The smallest absolute Gasteiger partial charge is 0.325 e. The average molecular weight is 244 g/mol. The highest BCUT2D eigenvalue weighted by Crippen LogP contribution is 2.23. The van der Waals surface area contributed by atoms with Gasteiger partial charge in [0.05, 0.1) is 5.52 Å². The zero-order chi connectivity index (χ0) is 13.1. The summed E-state index contributed by atoms with van der Waals surface area (Å²) in [4.78, 5) is 15.2. The van der Waals surface area contributed by atoms with E-state index in [1.54, 1.807) is 19.2 Å². The number of carboxylic acids is 1. The number of carbonyl (C=O) groups is 1. The molecular formula is C14H16N2O2. The van der Waals surface area contributed by atoms with Gasteiger partial charge in [-0.15, -0.1) is 0 Å². The van der Waals surface area contributed by atoms with Gasteiger partial charge in [0.25, 0.3) is 0 Å². The van der Waals surface area contributed by atoms with Gasteiger partial charge in [-0.1, -0.05) is 13.0 Å². The number of hydrogen-bond donors (Lipinski definition) is 2. The summed E-state index contributed by atoms with van der Waals surface area (Å²) in [5, 5.41) is 12.9. The Kier molecular flexibility index (Phi) is 3.46. The van der Waals surface area contributed by atoms with E-state index in [2.05, 4.69) is 23.3 Å². The number of anilines is 1. The van der Waals surface area contributed by atoms with E-state index < -0.39 is 12.0 Å². The van der Waals surface area contributed by atoms with Crippen molar-refractivity contribution < 1.29 is 9.90 Å². The van der Waals surface area contributed by atoms with Crippen LogP contribution in [-0.4, -0.2) is 22.1 Å². The third kappa shape index (κ3) is 2.42. The lowest BCUT2D eigenvalue weighted by Gasteiger charge is -2.13. The van der Waals surface area contributed by atoms with Gasteiger partial charge in [-0.2, -0.15) is 0 Å². The molecule has 2 rings (SSSR count). The van der Waals surface area contributed by atoms with Crippen molar-refractivity contribution in [1.29, 1.82) is 0 Å². The van der Waals surface area contributed by atoms with Crippen LogP contribution in [-0.2, 0) is 11.2 Å². The van der Waals surface area contributed by atoms with E-state index in [-0.39, 0.29) is 0 Å². The molecule has 1 unspecified atom stereocenters. The molecule has 0 radical (unpaired) electrons. The molecule has 2 aromatic rings. The molecule has 94 valence electrons. The number of aromatic nitrogens is 1. The highest BCUT2D eigenvalue weighted by atomic mass is 16.4. The highest BCUT2D eigenvalue weighted by molar-refractivity contribution is 5.93. The van der Waals surface area contributed by atoms with Gasteiger partial charge in [0.1, 0.15) is 6.04 Å². The number of fused-ring (bicyclic) bond motifs is 1. The number of benzene rings is 1. The molecule has 0 bridgehead atoms. The fourth-order valence-corrected chi connectivity index (χ4v) is 1.83. The maximum absolute atomic E-state index is 10.9. The predicted octanol–water partition coefficient (Wildman–Crippen LogP) is 2.68. The minimum Gasteiger partial charge on any atom is -0.480 e. The van der Waals surface area contributed by atoms with Gasteiger partial charge in [0, 0.05) is 17.3 Å². The Morgan fingerprint density at radius 3 is 2.89 bits per heavy atom. The van der Waals surface area contributed by atoms with Crippen molar-refractivity contribution in [3.63, 3.8) is 0 Å². The zero-order valence-corrected chi connectivity index (χ0v) is 10.5. The minimum absolute atomic E-state index is 0.624. The molecule has 0 saturated heterocycles. The summed E-state index contributed by atoms with van der Waals surface area (Å²) in [6.07, 6.45) is 2.63. The Bertz CT molecular complexity index is 581. The van der Waals surface area contributed by atoms with Gasteiger partial charge in [-0.05, 0) is 37.1 Å². The molecule has 0 spiro atoms. The molecule has 0 aliphatic heterocycles. The van der Waals surface area contributed by atoms with Crippen LogP contribution >= 0.6 is 0 Å². The molecule has 0 aliphatic carbocycles. The number of nitrogens with one attached hydrogen (secondary N) is 1. The summed E-state index contributed by atoms with van der Waals surface area (Å²) >= 11 is 0. The van der Waals surface area contributed by atoms with Crippen LogP contribution in [0.1, 0.15) is 19.4 Å². The van der Waals surface area contributed by atoms with Crippen LogP contribution in [0.15, 0.2) is 30.5 Å². The summed E-state index contributed by atoms with van der Waals surface area (Å²) in [7, 11) is 0. The summed E-state index contributed by atoms with van der Waals surface area (Å²) < 4.78 is 0. The number of carboxylic acid groups (broad SMARTS) is 1. The second-order valence-electron chi connectivity index (χ2n) is 4.27. The van der Waals surface area contributed by atoms with E-state index in [9.17, 15) is 4.79 Å². The van der Waals surface area contributed by atoms with Crippen LogP contribution in [0.25, 0.3) is 10.9 Å². The standard InChI is InChI=1S/C14H16N2O2/c1-3-10-4-5-12-11(8-10)13(6-7-15-12)16-9(2)14(17)18/h4-9H,3H2,1-2H3,(H,15,16)(H,17,18). The Hall–Kier alpha value is -2.10. The molecule has 1 aromatic heterocycles. The lowest BCUT2D eigenvalue weighted by Crippen LogP contribution is -2.25. The largest absolute Gasteiger partial charge is 0.480 e. The molecule has 0 fully saturated rings. The Morgan fingerprint density at radius 2 is 2.22 bits per heavy atom. The molecule has 18 heavy (non-hydrogen) atoms. The van der Waals surface area contributed by atoms with Crippen LogP contribution in [0.4, 0.5) is 5.69 Å². The van der Waals surface area contributed by atoms with Crippen LogP contribution < -0.4 is 5.32 Å². The topological polar surface area (TPSA) is 62.2 Å². The van der Waals surface area contributed by atoms with Gasteiger partial charge in [0.15, 0.2) is 0 Å². The van der Waals surface area contributed by atoms with Crippen molar-refractivity contribution in [3.8, 4) is 0 Å². The monoisotopic (exact) mass is 244 g/mol. The molecule has 4 heteroatoms. The van der Waals surface area contributed by atoms with Crippen molar-refractivity contribution in [1.82, 2.24) is 4.98 Å². The minimum atomic E-state index is -0.869. The fourth-order valence-electron chi connectivity index (χ4n) is 1.83. The van der Waals surface area contributed by atoms with Crippen LogP contribution in [0.3, 0.4) is 0 Å². The normalized spacial score (nSPS) is 12.3. The maximum atomic E-state index is 10.9. The maximum Gasteiger partial charge on any atom is 0.325 e. The molecule has 0 aliphatic rings. The lowest BCUT2D eigenvalue weighted by molar-refractivity contribution is -0.137. The fraction of sp³-hybridized carbons (Fsp3) is 0.286. The first-order valence-corrected chi connectivity index (χ1v) is 5.98. The van der Waals surface area contributed by atoms with E-state index in [1.807, 2.05) is 12.1 Å². The number of pyridine rings is 1. The quantitative estimate of drug-likeness (QED) is 0.868. The second-order valence-corrected chi connectivity index (χ2v) is 4.27. The van der Waals surface area contributed by atoms with Crippen molar-refractivity contribution in [2.45, 2.75) is 26.3 Å². The van der Waals surface area contributed by atoms with E-state index in [0.29, 0.717) is 0 Å². The summed E-state index contributed by atoms with van der Waals surface area (Å²) in [5.41, 5.74) is 2.89. The first-order chi connectivity index (χ1) is 8.61. The summed E-state index contributed by atoms with van der Waals surface area (Å²) in [6.45, 7) is 3.71. The van der Waals surface area contributed by atoms with E-state index in [0.717, 1.165) is 23.0 Å². The molecule has 1 atom stereocenters. The Labute approximate surface area is 106 Å². The summed E-state index contributed by atoms with van der Waals surface area (Å²) in [5.74, 6) is -0.869. The molecule has 0 amide bonds. The van der Waals surface area contributed by atoms with Gasteiger partial charge in [-0.3, -0.25) is 9.78 Å². The zero-order valence-electron chi connectivity index (χ0n) is 10.5. The van der Waals surface area contributed by atoms with Crippen molar-refractivity contribution >= 4 is 22.6 Å². The number of rotatable bonds is 4. The highest BCUT2D eigenvalue weighted by Gasteiger charge is 2.12. The molecule has 0 saturated carbocycles. The van der Waals surface area contributed by atoms with Gasteiger partial charge in [0.2, 0.25) is 0 Å². The molecule has 4 nitrogen and oxygen atoms in total. The van der Waals surface area contributed by atoms with E-state index in [1.165, 1.54) is 5.56 Å². The third-order valence-corrected chi connectivity index (χ3v) is 2.96. The van der Waals surface area contributed by atoms with E-state index in [4.69, 9.17) is 5.11 Å². The van der Waals surface area contributed by atoms with Crippen molar-refractivity contribution in [2.75, 3.05) is 5.32 Å². The molecule has 2 N–H and O–H groups in total. The number of nitrogens with zero attached hydrogens (tertiary/aromatic N) is 1. The summed E-state index contributed by atoms with van der Waals surface area (Å²) in [6, 6.07) is 7.24. The average Bonchev–Trinajstić information content (AvgIpc) is 2.38. The van der Waals surface area contributed by atoms with Gasteiger partial charge < -0.3 is 10.4 Å². The SMILES string of the molecule is CCc1ccc2nccc(NC(C)C(=O)O)c2c1. The van der Waals surface area contributed by atoms with Crippen LogP contribution in [0.2, 0.25) is 0 Å².